The van der Waals surface area contributed by atoms with Gasteiger partial charge >= 0.3 is 0 Å². The first kappa shape index (κ1) is 40.1. The van der Waals surface area contributed by atoms with Crippen molar-refractivity contribution in [1.82, 2.24) is 9.80 Å². The van der Waals surface area contributed by atoms with E-state index >= 15 is 0 Å². The minimum atomic E-state index is 0. The number of fused-ring (bicyclic) bond motifs is 2. The van der Waals surface area contributed by atoms with E-state index in [1.165, 1.54) is 33.2 Å². The Hall–Kier alpha value is -3.14. The van der Waals surface area contributed by atoms with E-state index in [4.69, 9.17) is 0 Å². The van der Waals surface area contributed by atoms with Crippen LogP contribution in [0.15, 0.2) is 84.9 Å². The van der Waals surface area contributed by atoms with Crippen molar-refractivity contribution in [2.75, 3.05) is 88.5 Å². The van der Waals surface area contributed by atoms with Crippen molar-refractivity contribution in [2.24, 2.45) is 14.1 Å². The van der Waals surface area contributed by atoms with Crippen molar-refractivity contribution >= 4 is 57.5 Å². The summed E-state index contributed by atoms with van der Waals surface area (Å²) in [5, 5.41) is 21.3. The molecule has 2 aliphatic heterocycles. The van der Waals surface area contributed by atoms with Crippen LogP contribution in [0.4, 0.5) is 11.4 Å². The summed E-state index contributed by atoms with van der Waals surface area (Å²) in [6, 6.07) is 30.8. The Bertz CT molecular complexity index is 1860. The maximum Gasteiger partial charge on any atom is 0.214 e. The number of pyridine rings is 2. The van der Waals surface area contributed by atoms with Crippen LogP contribution in [0.5, 0.6) is 0 Å². The number of benzene rings is 3. The van der Waals surface area contributed by atoms with Crippen LogP contribution in [0.25, 0.3) is 46.1 Å². The van der Waals surface area contributed by atoms with Crippen molar-refractivity contribution in [3.8, 4) is 0 Å². The number of aliphatic hydroxyl groups is 2. The number of β-amino-alcohol motifs (C(OH)–C–C–N with tert-alkyl or cyclic N) is 2. The zero-order valence-corrected chi connectivity index (χ0v) is 34.5. The second kappa shape index (κ2) is 18.8. The van der Waals surface area contributed by atoms with Crippen molar-refractivity contribution in [3.63, 3.8) is 0 Å². The molecule has 2 saturated heterocycles. The number of anilines is 2. The predicted octanol–water partition coefficient (Wildman–Crippen LogP) is -1.78. The zero-order valence-electron chi connectivity index (χ0n) is 30.2. The first-order chi connectivity index (χ1) is 24.5. The number of aromatic nitrogens is 2. The van der Waals surface area contributed by atoms with E-state index in [9.17, 15) is 10.2 Å². The van der Waals surface area contributed by atoms with Gasteiger partial charge in [0.15, 0.2) is 0 Å². The minimum absolute atomic E-state index is 0. The van der Waals surface area contributed by atoms with Gasteiger partial charge in [-0.25, -0.2) is 0 Å². The number of aryl methyl sites for hydroxylation is 2. The van der Waals surface area contributed by atoms with Crippen molar-refractivity contribution in [1.29, 1.82) is 0 Å². The molecule has 10 heteroatoms. The molecule has 0 unspecified atom stereocenters. The highest BCUT2D eigenvalue weighted by Crippen LogP contribution is 2.29. The summed E-state index contributed by atoms with van der Waals surface area (Å²) in [5.41, 5.74) is 9.63. The van der Waals surface area contributed by atoms with Gasteiger partial charge in [0.1, 0.15) is 14.1 Å². The normalized spacial score (nSPS) is 15.8. The number of rotatable bonds is 10. The Morgan fingerprint density at radius 2 is 0.885 bits per heavy atom. The van der Waals surface area contributed by atoms with Crippen molar-refractivity contribution < 1.29 is 67.3 Å². The molecule has 0 spiro atoms. The van der Waals surface area contributed by atoms with Crippen LogP contribution in [-0.2, 0) is 14.1 Å². The van der Waals surface area contributed by atoms with Gasteiger partial charge in [0.05, 0.1) is 35.4 Å². The molecule has 3 aromatic carbocycles. The third-order valence-corrected chi connectivity index (χ3v) is 10.5. The molecule has 2 aromatic heterocycles. The minimum Gasteiger partial charge on any atom is -1.00 e. The molecule has 52 heavy (non-hydrogen) atoms. The van der Waals surface area contributed by atoms with Gasteiger partial charge in [0.2, 0.25) is 22.4 Å². The maximum absolute atomic E-state index is 9.38. The van der Waals surface area contributed by atoms with Crippen LogP contribution >= 0.6 is 0 Å². The lowest BCUT2D eigenvalue weighted by atomic mass is 10.1. The molecule has 2 aliphatic rings. The first-order valence-electron chi connectivity index (χ1n) is 18.0. The van der Waals surface area contributed by atoms with Gasteiger partial charge in [-0.2, -0.15) is 9.13 Å². The van der Waals surface area contributed by atoms with E-state index in [0.717, 1.165) is 88.0 Å². The molecule has 0 atom stereocenters. The fourth-order valence-corrected chi connectivity index (χ4v) is 7.51. The summed E-state index contributed by atoms with van der Waals surface area (Å²) in [7, 11) is 4.29. The van der Waals surface area contributed by atoms with E-state index in [-0.39, 0.29) is 61.2 Å². The Labute approximate surface area is 342 Å². The molecule has 4 heterocycles. The number of nitrogens with zero attached hydrogens (tertiary/aromatic N) is 6. The molecule has 274 valence electrons. The van der Waals surface area contributed by atoms with E-state index < -0.39 is 0 Å². The lowest BCUT2D eigenvalue weighted by molar-refractivity contribution is -0.646. The summed E-state index contributed by atoms with van der Waals surface area (Å²) in [6.45, 7) is 9.59. The first-order valence-corrected chi connectivity index (χ1v) is 18.0. The summed E-state index contributed by atoms with van der Waals surface area (Å²) >= 11 is 0. The molecule has 7 rings (SSSR count). The third kappa shape index (κ3) is 8.96. The van der Waals surface area contributed by atoms with Crippen LogP contribution in [-0.4, -0.2) is 98.7 Å². The summed E-state index contributed by atoms with van der Waals surface area (Å²) in [4.78, 5) is 9.66. The number of piperazine rings is 2. The average Bonchev–Trinajstić information content (AvgIpc) is 3.16. The number of aliphatic hydroxyl groups excluding tert-OH is 2. The lowest BCUT2D eigenvalue weighted by Crippen LogP contribution is -3.00. The SMILES string of the molecule is C[n+]1c(/C=C/c2ccc(/C=C/c3cc(N4CCN(CCO)CC4)c4ccccc4[n+]3C)cc2)cc(N2CCN(CCO)CC2)c2ccccc21.[I-].[I-]. The van der Waals surface area contributed by atoms with Gasteiger partial charge in [0, 0.05) is 102 Å². The molecule has 2 N–H and O–H groups in total. The zero-order chi connectivity index (χ0) is 34.5. The molecule has 0 saturated carbocycles. The van der Waals surface area contributed by atoms with Crippen LogP contribution in [0.2, 0.25) is 0 Å². The van der Waals surface area contributed by atoms with E-state index in [1.54, 1.807) is 0 Å². The lowest BCUT2D eigenvalue weighted by Gasteiger charge is -2.36. The van der Waals surface area contributed by atoms with E-state index in [0.29, 0.717) is 0 Å². The average molecular weight is 925 g/mol. The molecule has 8 nitrogen and oxygen atoms in total. The summed E-state index contributed by atoms with van der Waals surface area (Å²) < 4.78 is 4.56. The quantitative estimate of drug-likeness (QED) is 0.128. The van der Waals surface area contributed by atoms with Gasteiger partial charge in [-0.1, -0.05) is 48.5 Å². The fourth-order valence-electron chi connectivity index (χ4n) is 7.51. The van der Waals surface area contributed by atoms with E-state index in [1.807, 2.05) is 0 Å². The highest BCUT2D eigenvalue weighted by molar-refractivity contribution is 5.92. The van der Waals surface area contributed by atoms with Gasteiger partial charge < -0.3 is 68.0 Å². The number of hydrogen-bond acceptors (Lipinski definition) is 6. The Morgan fingerprint density at radius 3 is 1.25 bits per heavy atom. The number of hydrogen-bond donors (Lipinski definition) is 2. The Morgan fingerprint density at radius 1 is 0.519 bits per heavy atom. The molecular formula is C42H50I2N6O2. The van der Waals surface area contributed by atoms with Gasteiger partial charge in [-0.15, -0.1) is 0 Å². The molecule has 0 aliphatic carbocycles. The monoisotopic (exact) mass is 924 g/mol. The van der Waals surface area contributed by atoms with Crippen LogP contribution in [0, 0.1) is 0 Å². The smallest absolute Gasteiger partial charge is 0.214 e. The standard InChI is InChI=1S/C42H50N6O2.2HI/c1-43-35(31-41(37-7-3-5-9-39(37)43)47-23-19-45(20-24-47)27-29-49)17-15-33-11-13-34(14-12-33)16-18-36-32-42(38-8-4-6-10-40(38)44(36)2)48-25-21-46(22-26-48)28-30-50;;/h3-18,31-32,49-50H,19-30H2,1-2H3;2*1H/q+2;;/p-2/b17-15+,18-16+;;. The molecule has 5 aromatic rings. The van der Waals surface area contributed by atoms with Crippen LogP contribution in [0.3, 0.4) is 0 Å². The van der Waals surface area contributed by atoms with Gasteiger partial charge in [0.25, 0.3) is 0 Å². The van der Waals surface area contributed by atoms with Crippen molar-refractivity contribution in [2.45, 2.75) is 0 Å². The molecular weight excluding hydrogens is 874 g/mol. The van der Waals surface area contributed by atoms with Crippen LogP contribution < -0.4 is 66.9 Å². The van der Waals surface area contributed by atoms with E-state index in [2.05, 4.69) is 152 Å². The predicted molar refractivity (Wildman–Crippen MR) is 206 cm³/mol. The maximum atomic E-state index is 9.38. The molecule has 2 fully saturated rings. The van der Waals surface area contributed by atoms with Gasteiger partial charge in [-0.3, -0.25) is 9.80 Å². The van der Waals surface area contributed by atoms with Crippen molar-refractivity contribution in [3.05, 3.63) is 107 Å². The Kier molecular flexibility index (Phi) is 14.4. The highest BCUT2D eigenvalue weighted by Gasteiger charge is 2.24. The second-order valence-corrected chi connectivity index (χ2v) is 13.5. The highest BCUT2D eigenvalue weighted by atomic mass is 127. The van der Waals surface area contributed by atoms with Crippen LogP contribution in [0.1, 0.15) is 22.5 Å². The third-order valence-electron chi connectivity index (χ3n) is 10.5. The molecule has 0 bridgehead atoms. The largest absolute Gasteiger partial charge is 1.00 e. The number of para-hydroxylation sites is 2. The topological polar surface area (TPSA) is 61.2 Å². The summed E-state index contributed by atoms with van der Waals surface area (Å²) in [6.07, 6.45) is 8.86. The number of halogens is 2. The van der Waals surface area contributed by atoms with Gasteiger partial charge in [-0.05, 0) is 35.4 Å². The second-order valence-electron chi connectivity index (χ2n) is 13.5. The molecule has 0 amide bonds. The Balaban J connectivity index is 0.00000261. The molecule has 0 radical (unpaired) electrons. The fraction of sp³-hybridized carbons (Fsp3) is 0.333. The summed E-state index contributed by atoms with van der Waals surface area (Å²) in [5.74, 6) is 0.